The summed E-state index contributed by atoms with van der Waals surface area (Å²) in [6.07, 6.45) is 14.8. The van der Waals surface area contributed by atoms with Crippen molar-refractivity contribution >= 4 is 5.97 Å². The lowest BCUT2D eigenvalue weighted by Gasteiger charge is -2.07. The van der Waals surface area contributed by atoms with E-state index in [9.17, 15) is 4.79 Å². The van der Waals surface area contributed by atoms with Gasteiger partial charge in [-0.05, 0) is 19.3 Å². The van der Waals surface area contributed by atoms with Gasteiger partial charge in [0.2, 0.25) is 0 Å². The van der Waals surface area contributed by atoms with Gasteiger partial charge in [0, 0.05) is 19.6 Å². The van der Waals surface area contributed by atoms with Gasteiger partial charge in [0.25, 0.3) is 0 Å². The fourth-order valence-corrected chi connectivity index (χ4v) is 2.59. The van der Waals surface area contributed by atoms with Crippen LogP contribution in [0.1, 0.15) is 97.3 Å². The molecule has 0 unspecified atom stereocenters. The van der Waals surface area contributed by atoms with E-state index in [1.807, 2.05) is 0 Å². The number of carbonyl (C=O) groups is 1. The van der Waals surface area contributed by atoms with Crippen molar-refractivity contribution in [3.63, 3.8) is 0 Å². The second-order valence-electron chi connectivity index (χ2n) is 6.73. The SMILES string of the molecule is CCCCCCCCOC(=O)CCCOCCOCCCCCCC. The number of esters is 1. The van der Waals surface area contributed by atoms with Crippen LogP contribution in [0.2, 0.25) is 0 Å². The highest BCUT2D eigenvalue weighted by molar-refractivity contribution is 5.69. The predicted molar refractivity (Wildman–Crippen MR) is 104 cm³/mol. The van der Waals surface area contributed by atoms with Crippen molar-refractivity contribution in [1.29, 1.82) is 0 Å². The smallest absolute Gasteiger partial charge is 0.305 e. The van der Waals surface area contributed by atoms with Crippen molar-refractivity contribution in [2.45, 2.75) is 97.3 Å². The lowest BCUT2D eigenvalue weighted by molar-refractivity contribution is -0.144. The van der Waals surface area contributed by atoms with Gasteiger partial charge in [0.15, 0.2) is 0 Å². The number of hydrogen-bond donors (Lipinski definition) is 0. The molecular weight excluding hydrogens is 316 g/mol. The predicted octanol–water partition coefficient (Wildman–Crippen LogP) is 5.67. The molecule has 0 saturated carbocycles. The molecule has 0 spiro atoms. The van der Waals surface area contributed by atoms with E-state index in [2.05, 4.69) is 13.8 Å². The van der Waals surface area contributed by atoms with Gasteiger partial charge in [-0.15, -0.1) is 0 Å². The maximum Gasteiger partial charge on any atom is 0.305 e. The molecule has 25 heavy (non-hydrogen) atoms. The Hall–Kier alpha value is -0.610. The van der Waals surface area contributed by atoms with E-state index < -0.39 is 0 Å². The van der Waals surface area contributed by atoms with E-state index >= 15 is 0 Å². The Kier molecular flexibility index (Phi) is 20.9. The fraction of sp³-hybridized carbons (Fsp3) is 0.952. The molecule has 0 aromatic rings. The summed E-state index contributed by atoms with van der Waals surface area (Å²) >= 11 is 0. The molecule has 0 bridgehead atoms. The Morgan fingerprint density at radius 3 is 1.64 bits per heavy atom. The first-order valence-corrected chi connectivity index (χ1v) is 10.6. The first-order valence-electron chi connectivity index (χ1n) is 10.6. The van der Waals surface area contributed by atoms with Gasteiger partial charge in [-0.3, -0.25) is 4.79 Å². The van der Waals surface area contributed by atoms with Gasteiger partial charge in [-0.1, -0.05) is 71.6 Å². The van der Waals surface area contributed by atoms with Crippen LogP contribution in [0.3, 0.4) is 0 Å². The third-order valence-corrected chi connectivity index (χ3v) is 4.19. The molecular formula is C21H42O4. The van der Waals surface area contributed by atoms with Crippen LogP contribution in [0.5, 0.6) is 0 Å². The summed E-state index contributed by atoms with van der Waals surface area (Å²) in [5.41, 5.74) is 0. The van der Waals surface area contributed by atoms with Gasteiger partial charge in [0.1, 0.15) is 0 Å². The molecule has 0 aliphatic carbocycles. The number of unbranched alkanes of at least 4 members (excludes halogenated alkanes) is 9. The van der Waals surface area contributed by atoms with Gasteiger partial charge < -0.3 is 14.2 Å². The lowest BCUT2D eigenvalue weighted by Crippen LogP contribution is -2.09. The van der Waals surface area contributed by atoms with E-state index in [0.717, 1.165) is 32.3 Å². The van der Waals surface area contributed by atoms with Gasteiger partial charge in [0.05, 0.1) is 19.8 Å². The van der Waals surface area contributed by atoms with Crippen molar-refractivity contribution < 1.29 is 19.0 Å². The molecule has 0 aliphatic heterocycles. The number of ether oxygens (including phenoxy) is 3. The van der Waals surface area contributed by atoms with E-state index in [1.165, 1.54) is 51.4 Å². The van der Waals surface area contributed by atoms with Crippen LogP contribution in [0, 0.1) is 0 Å². The van der Waals surface area contributed by atoms with Crippen molar-refractivity contribution in [3.8, 4) is 0 Å². The zero-order valence-electron chi connectivity index (χ0n) is 16.9. The third-order valence-electron chi connectivity index (χ3n) is 4.19. The molecule has 0 fully saturated rings. The summed E-state index contributed by atoms with van der Waals surface area (Å²) < 4.78 is 16.2. The molecule has 0 aliphatic rings. The molecule has 0 N–H and O–H groups in total. The summed E-state index contributed by atoms with van der Waals surface area (Å²) in [6.45, 7) is 7.71. The molecule has 0 atom stereocenters. The normalized spacial score (nSPS) is 11.0. The fourth-order valence-electron chi connectivity index (χ4n) is 2.59. The van der Waals surface area contributed by atoms with Crippen LogP contribution in [0.25, 0.3) is 0 Å². The van der Waals surface area contributed by atoms with E-state index in [4.69, 9.17) is 14.2 Å². The minimum atomic E-state index is -0.0968. The lowest BCUT2D eigenvalue weighted by atomic mass is 10.1. The molecule has 0 heterocycles. The molecule has 4 nitrogen and oxygen atoms in total. The van der Waals surface area contributed by atoms with Crippen molar-refractivity contribution in [2.24, 2.45) is 0 Å². The highest BCUT2D eigenvalue weighted by atomic mass is 16.5. The Balaban J connectivity index is 3.12. The molecule has 0 rings (SSSR count). The quantitative estimate of drug-likeness (QED) is 0.208. The number of rotatable bonds is 20. The first-order chi connectivity index (χ1) is 12.3. The molecule has 0 radical (unpaired) electrons. The Labute approximate surface area is 156 Å². The van der Waals surface area contributed by atoms with Gasteiger partial charge in [-0.25, -0.2) is 0 Å². The monoisotopic (exact) mass is 358 g/mol. The van der Waals surface area contributed by atoms with Gasteiger partial charge >= 0.3 is 5.97 Å². The molecule has 0 aromatic carbocycles. The average molecular weight is 359 g/mol. The van der Waals surface area contributed by atoms with Crippen molar-refractivity contribution in [1.82, 2.24) is 0 Å². The van der Waals surface area contributed by atoms with Crippen LogP contribution >= 0.6 is 0 Å². The van der Waals surface area contributed by atoms with Crippen molar-refractivity contribution in [3.05, 3.63) is 0 Å². The van der Waals surface area contributed by atoms with Crippen LogP contribution in [-0.4, -0.2) is 39.0 Å². The van der Waals surface area contributed by atoms with E-state index in [1.54, 1.807) is 0 Å². The van der Waals surface area contributed by atoms with E-state index in [-0.39, 0.29) is 5.97 Å². The van der Waals surface area contributed by atoms with Gasteiger partial charge in [-0.2, -0.15) is 0 Å². The Morgan fingerprint density at radius 2 is 1.04 bits per heavy atom. The van der Waals surface area contributed by atoms with Crippen LogP contribution in [-0.2, 0) is 19.0 Å². The number of hydrogen-bond acceptors (Lipinski definition) is 4. The minimum absolute atomic E-state index is 0.0968. The van der Waals surface area contributed by atoms with Crippen LogP contribution in [0.15, 0.2) is 0 Å². The molecule has 0 saturated heterocycles. The summed E-state index contributed by atoms with van der Waals surface area (Å²) in [7, 11) is 0. The number of carbonyl (C=O) groups excluding carboxylic acids is 1. The summed E-state index contributed by atoms with van der Waals surface area (Å²) in [5, 5.41) is 0. The second-order valence-corrected chi connectivity index (χ2v) is 6.73. The van der Waals surface area contributed by atoms with E-state index in [0.29, 0.717) is 32.8 Å². The maximum absolute atomic E-state index is 11.6. The average Bonchev–Trinajstić information content (AvgIpc) is 2.62. The van der Waals surface area contributed by atoms with Crippen LogP contribution in [0.4, 0.5) is 0 Å². The zero-order chi connectivity index (χ0) is 18.4. The van der Waals surface area contributed by atoms with Crippen molar-refractivity contribution in [2.75, 3.05) is 33.0 Å². The summed E-state index contributed by atoms with van der Waals surface area (Å²) in [6, 6.07) is 0. The Bertz CT molecular complexity index is 269. The Morgan fingerprint density at radius 1 is 0.560 bits per heavy atom. The molecule has 150 valence electrons. The molecule has 4 heteroatoms. The second kappa shape index (κ2) is 21.4. The maximum atomic E-state index is 11.6. The standard InChI is InChI=1S/C21H42O4/c1-3-5-7-9-11-13-18-25-21(22)15-14-17-24-20-19-23-16-12-10-8-6-4-2/h3-20H2,1-2H3. The molecule has 0 aromatic heterocycles. The third kappa shape index (κ3) is 21.3. The summed E-state index contributed by atoms with van der Waals surface area (Å²) in [5.74, 6) is -0.0968. The highest BCUT2D eigenvalue weighted by Crippen LogP contribution is 2.05. The largest absolute Gasteiger partial charge is 0.466 e. The zero-order valence-corrected chi connectivity index (χ0v) is 16.9. The minimum Gasteiger partial charge on any atom is -0.466 e. The highest BCUT2D eigenvalue weighted by Gasteiger charge is 2.02. The van der Waals surface area contributed by atoms with Crippen LogP contribution < -0.4 is 0 Å². The topological polar surface area (TPSA) is 44.8 Å². The first kappa shape index (κ1) is 24.4. The molecule has 0 amide bonds. The summed E-state index contributed by atoms with van der Waals surface area (Å²) in [4.78, 5) is 11.6.